The van der Waals surface area contributed by atoms with Crippen molar-refractivity contribution in [2.24, 2.45) is 0 Å². The highest BCUT2D eigenvalue weighted by atomic mass is 16.5. The highest BCUT2D eigenvalue weighted by Gasteiger charge is 2.30. The van der Waals surface area contributed by atoms with Crippen LogP contribution in [0.5, 0.6) is 23.0 Å². The Bertz CT molecular complexity index is 768. The fourth-order valence-corrected chi connectivity index (χ4v) is 3.41. The van der Waals surface area contributed by atoms with Crippen LogP contribution >= 0.6 is 0 Å². The summed E-state index contributed by atoms with van der Waals surface area (Å²) in [5, 5.41) is 22.0. The van der Waals surface area contributed by atoms with Gasteiger partial charge < -0.3 is 19.7 Å². The zero-order valence-corrected chi connectivity index (χ0v) is 18.4. The summed E-state index contributed by atoms with van der Waals surface area (Å²) >= 11 is 0. The summed E-state index contributed by atoms with van der Waals surface area (Å²) < 4.78 is 11.3. The van der Waals surface area contributed by atoms with Crippen LogP contribution in [0.15, 0.2) is 24.3 Å². The highest BCUT2D eigenvalue weighted by molar-refractivity contribution is 5.84. The minimum absolute atomic E-state index is 0.0980. The van der Waals surface area contributed by atoms with Crippen LogP contribution in [0.3, 0.4) is 0 Å². The Morgan fingerprint density at radius 3 is 1.21 bits per heavy atom. The van der Waals surface area contributed by atoms with E-state index < -0.39 is 0 Å². The molecule has 0 heterocycles. The van der Waals surface area contributed by atoms with Crippen LogP contribution in [0.1, 0.15) is 66.5 Å². The number of ether oxygens (including phenoxy) is 2. The summed E-state index contributed by atoms with van der Waals surface area (Å²) in [4.78, 5) is 0. The minimum atomic E-state index is -0.264. The minimum Gasteiger partial charge on any atom is -0.507 e. The largest absolute Gasteiger partial charge is 0.507 e. The fraction of sp³-hybridized carbons (Fsp3) is 0.500. The monoisotopic (exact) mass is 386 g/mol. The summed E-state index contributed by atoms with van der Waals surface area (Å²) in [6.07, 6.45) is 0. The number of aromatic hydroxyl groups is 2. The van der Waals surface area contributed by atoms with E-state index in [1.807, 2.05) is 26.0 Å². The zero-order valence-electron chi connectivity index (χ0n) is 18.4. The van der Waals surface area contributed by atoms with Gasteiger partial charge in [-0.1, -0.05) is 41.5 Å². The van der Waals surface area contributed by atoms with E-state index in [1.165, 1.54) is 0 Å². The van der Waals surface area contributed by atoms with E-state index in [4.69, 9.17) is 9.47 Å². The van der Waals surface area contributed by atoms with Gasteiger partial charge in [-0.05, 0) is 47.9 Å². The third-order valence-corrected chi connectivity index (χ3v) is 4.67. The second-order valence-electron chi connectivity index (χ2n) is 9.10. The zero-order chi connectivity index (χ0) is 21.3. The first kappa shape index (κ1) is 21.9. The molecular weight excluding hydrogens is 352 g/mol. The first-order chi connectivity index (χ1) is 12.9. The molecule has 0 aliphatic heterocycles. The predicted molar refractivity (Wildman–Crippen MR) is 115 cm³/mol. The van der Waals surface area contributed by atoms with E-state index in [-0.39, 0.29) is 22.3 Å². The maximum atomic E-state index is 11.0. The van der Waals surface area contributed by atoms with Crippen molar-refractivity contribution in [3.8, 4) is 34.1 Å². The molecule has 0 unspecified atom stereocenters. The van der Waals surface area contributed by atoms with E-state index >= 15 is 0 Å². The number of rotatable bonds is 5. The molecule has 0 atom stereocenters. The molecular formula is C24H34O4. The second kappa shape index (κ2) is 7.94. The molecule has 0 amide bonds. The first-order valence-electron chi connectivity index (χ1n) is 9.91. The Morgan fingerprint density at radius 1 is 0.643 bits per heavy atom. The molecule has 4 nitrogen and oxygen atoms in total. The van der Waals surface area contributed by atoms with Crippen molar-refractivity contribution in [2.45, 2.75) is 66.2 Å². The van der Waals surface area contributed by atoms with Gasteiger partial charge in [-0.25, -0.2) is 0 Å². The van der Waals surface area contributed by atoms with E-state index in [9.17, 15) is 10.2 Å². The van der Waals surface area contributed by atoms with E-state index in [0.717, 1.165) is 11.1 Å². The molecule has 0 spiro atoms. The van der Waals surface area contributed by atoms with Gasteiger partial charge >= 0.3 is 0 Å². The molecule has 2 aromatic carbocycles. The summed E-state index contributed by atoms with van der Waals surface area (Å²) in [5.74, 6) is 1.44. The van der Waals surface area contributed by atoms with Crippen molar-refractivity contribution >= 4 is 0 Å². The molecule has 2 rings (SSSR count). The van der Waals surface area contributed by atoms with Gasteiger partial charge in [0, 0.05) is 23.3 Å². The van der Waals surface area contributed by atoms with Gasteiger partial charge in [-0.3, -0.25) is 0 Å². The molecule has 0 aromatic heterocycles. The smallest absolute Gasteiger partial charge is 0.127 e. The maximum absolute atomic E-state index is 11.0. The topological polar surface area (TPSA) is 58.9 Å². The van der Waals surface area contributed by atoms with Crippen molar-refractivity contribution in [3.05, 3.63) is 35.4 Å². The van der Waals surface area contributed by atoms with Crippen molar-refractivity contribution in [2.75, 3.05) is 13.2 Å². The molecule has 0 aliphatic rings. The first-order valence-corrected chi connectivity index (χ1v) is 9.91. The SMILES string of the molecule is CCOc1cc(O)c(-c2c(O)cc(OCC)cc2C(C)(C)C)c(C(C)(C)C)c1. The molecule has 0 saturated carbocycles. The van der Waals surface area contributed by atoms with Crippen molar-refractivity contribution in [3.63, 3.8) is 0 Å². The Balaban J connectivity index is 2.91. The number of phenols is 2. The Labute approximate surface area is 169 Å². The average molecular weight is 387 g/mol. The molecule has 28 heavy (non-hydrogen) atoms. The van der Waals surface area contributed by atoms with Crippen LogP contribution in [0.4, 0.5) is 0 Å². The van der Waals surface area contributed by atoms with Crippen molar-refractivity contribution in [1.29, 1.82) is 0 Å². The lowest BCUT2D eigenvalue weighted by Gasteiger charge is -2.30. The molecule has 2 aromatic rings. The Morgan fingerprint density at radius 2 is 0.964 bits per heavy atom. The van der Waals surface area contributed by atoms with Crippen LogP contribution in [-0.2, 0) is 10.8 Å². The summed E-state index contributed by atoms with van der Waals surface area (Å²) in [6.45, 7) is 17.4. The molecule has 0 bridgehead atoms. The normalized spacial score (nSPS) is 12.1. The summed E-state index contributed by atoms with van der Waals surface area (Å²) in [7, 11) is 0. The molecule has 0 radical (unpaired) electrons. The van der Waals surface area contributed by atoms with E-state index in [0.29, 0.717) is 35.8 Å². The average Bonchev–Trinajstić information content (AvgIpc) is 2.53. The van der Waals surface area contributed by atoms with Crippen LogP contribution in [0, 0.1) is 0 Å². The quantitative estimate of drug-likeness (QED) is 0.646. The lowest BCUT2D eigenvalue weighted by atomic mass is 9.76. The number of hydrogen-bond acceptors (Lipinski definition) is 4. The van der Waals surface area contributed by atoms with Gasteiger partial charge in [0.05, 0.1) is 13.2 Å². The lowest BCUT2D eigenvalue weighted by molar-refractivity contribution is 0.335. The van der Waals surface area contributed by atoms with E-state index in [2.05, 4.69) is 41.5 Å². The van der Waals surface area contributed by atoms with Crippen molar-refractivity contribution < 1.29 is 19.7 Å². The third kappa shape index (κ3) is 4.54. The van der Waals surface area contributed by atoms with Gasteiger partial charge in [0.2, 0.25) is 0 Å². The Kier molecular flexibility index (Phi) is 6.22. The fourth-order valence-electron chi connectivity index (χ4n) is 3.41. The highest BCUT2D eigenvalue weighted by Crippen LogP contribution is 2.49. The molecule has 154 valence electrons. The van der Waals surface area contributed by atoms with Crippen LogP contribution in [0.25, 0.3) is 11.1 Å². The molecule has 0 aliphatic carbocycles. The van der Waals surface area contributed by atoms with Gasteiger partial charge in [0.1, 0.15) is 23.0 Å². The van der Waals surface area contributed by atoms with Gasteiger partial charge in [0.15, 0.2) is 0 Å². The summed E-state index contributed by atoms with van der Waals surface area (Å²) in [6, 6.07) is 7.16. The van der Waals surface area contributed by atoms with Crippen LogP contribution in [0.2, 0.25) is 0 Å². The molecule has 2 N–H and O–H groups in total. The van der Waals surface area contributed by atoms with Gasteiger partial charge in [-0.2, -0.15) is 0 Å². The van der Waals surface area contributed by atoms with Crippen LogP contribution in [-0.4, -0.2) is 23.4 Å². The van der Waals surface area contributed by atoms with Gasteiger partial charge in [-0.15, -0.1) is 0 Å². The second-order valence-corrected chi connectivity index (χ2v) is 9.10. The number of benzene rings is 2. The van der Waals surface area contributed by atoms with E-state index in [1.54, 1.807) is 12.1 Å². The molecule has 0 fully saturated rings. The van der Waals surface area contributed by atoms with Crippen LogP contribution < -0.4 is 9.47 Å². The predicted octanol–water partition coefficient (Wildman–Crippen LogP) is 6.16. The molecule has 0 saturated heterocycles. The lowest BCUT2D eigenvalue weighted by Crippen LogP contribution is -2.17. The van der Waals surface area contributed by atoms with Gasteiger partial charge in [0.25, 0.3) is 0 Å². The van der Waals surface area contributed by atoms with Crippen molar-refractivity contribution in [1.82, 2.24) is 0 Å². The number of hydrogen-bond donors (Lipinski definition) is 2. The molecule has 4 heteroatoms. The number of phenolic OH excluding ortho intramolecular Hbond substituents is 2. The Hall–Kier alpha value is -2.36. The maximum Gasteiger partial charge on any atom is 0.127 e. The third-order valence-electron chi connectivity index (χ3n) is 4.67. The standard InChI is InChI=1S/C24H34O4/c1-9-27-15-11-17(23(3,4)5)21(19(25)13-15)22-18(24(6,7)8)12-16(28-10-2)14-20(22)26/h11-14,25-26H,9-10H2,1-8H3. The summed E-state index contributed by atoms with van der Waals surface area (Å²) in [5.41, 5.74) is 2.59.